The highest BCUT2D eigenvalue weighted by molar-refractivity contribution is 7.11. The summed E-state index contributed by atoms with van der Waals surface area (Å²) < 4.78 is 8.87. The van der Waals surface area contributed by atoms with Crippen LogP contribution in [-0.4, -0.2) is 23.5 Å². The first kappa shape index (κ1) is 16.1. The van der Waals surface area contributed by atoms with Crippen molar-refractivity contribution >= 4 is 28.3 Å². The monoisotopic (exact) mass is 311 g/mol. The van der Waals surface area contributed by atoms with Crippen LogP contribution in [0.4, 0.5) is 10.8 Å². The third kappa shape index (κ3) is 3.67. The predicted molar refractivity (Wildman–Crippen MR) is 86.7 cm³/mol. The molecule has 0 bridgehead atoms. The van der Waals surface area contributed by atoms with Crippen molar-refractivity contribution in [1.29, 1.82) is 0 Å². The molecule has 3 N–H and O–H groups in total. The summed E-state index contributed by atoms with van der Waals surface area (Å²) in [5.74, 6) is -0.193. The number of nitrogens with zero attached hydrogens (tertiary/aromatic N) is 1. The Kier molecular flexibility index (Phi) is 4.19. The largest absolute Gasteiger partial charge is 0.465 e. The molecule has 0 aliphatic heterocycles. The van der Waals surface area contributed by atoms with E-state index in [1.807, 2.05) is 0 Å². The lowest BCUT2D eigenvalue weighted by Gasteiger charge is -2.45. The Morgan fingerprint density at radius 3 is 2.43 bits per heavy atom. The van der Waals surface area contributed by atoms with Crippen LogP contribution < -0.4 is 11.1 Å². The molecule has 1 heterocycles. The Labute approximate surface area is 130 Å². The topological polar surface area (TPSA) is 77.2 Å². The van der Waals surface area contributed by atoms with Crippen molar-refractivity contribution in [3.8, 4) is 0 Å². The van der Waals surface area contributed by atoms with Crippen LogP contribution in [0, 0.1) is 10.8 Å². The molecule has 0 radical (unpaired) electrons. The highest BCUT2D eigenvalue weighted by atomic mass is 32.1. The van der Waals surface area contributed by atoms with Gasteiger partial charge in [-0.3, -0.25) is 0 Å². The summed E-state index contributed by atoms with van der Waals surface area (Å²) in [4.78, 5) is 11.8. The number of aromatic nitrogens is 1. The number of rotatable bonds is 3. The van der Waals surface area contributed by atoms with Crippen LogP contribution in [0.3, 0.4) is 0 Å². The molecule has 21 heavy (non-hydrogen) atoms. The quantitative estimate of drug-likeness (QED) is 0.835. The standard InChI is InChI=1S/C15H25N3O2S/c1-14(2)6-9(7-15(3,4)8-14)17-12-10(13(19)20-5)11(16)18-21-12/h9,17H,6-8H2,1-5H3,(H2,16,18). The minimum absolute atomic E-state index is 0.240. The molecule has 1 saturated carbocycles. The lowest BCUT2D eigenvalue weighted by atomic mass is 9.63. The second kappa shape index (κ2) is 5.48. The number of carbonyl (C=O) groups is 1. The summed E-state index contributed by atoms with van der Waals surface area (Å²) in [6, 6.07) is 0.312. The van der Waals surface area contributed by atoms with Crippen molar-refractivity contribution in [3.05, 3.63) is 5.56 Å². The molecule has 0 amide bonds. The van der Waals surface area contributed by atoms with Gasteiger partial charge < -0.3 is 15.8 Å². The number of esters is 1. The van der Waals surface area contributed by atoms with Gasteiger partial charge in [0.05, 0.1) is 7.11 Å². The first-order chi connectivity index (χ1) is 9.63. The van der Waals surface area contributed by atoms with E-state index in [1.165, 1.54) is 25.1 Å². The molecule has 118 valence electrons. The SMILES string of the molecule is COC(=O)c1c(N)nsc1NC1CC(C)(C)CC(C)(C)C1. The minimum atomic E-state index is -0.432. The number of hydrogen-bond donors (Lipinski definition) is 2. The normalized spacial score (nSPS) is 21.0. The van der Waals surface area contributed by atoms with E-state index in [4.69, 9.17) is 10.5 Å². The predicted octanol–water partition coefficient (Wildman–Crippen LogP) is 3.53. The second-order valence-corrected chi connectivity index (χ2v) is 8.29. The third-order valence-corrected chi connectivity index (χ3v) is 4.79. The molecular weight excluding hydrogens is 286 g/mol. The van der Waals surface area contributed by atoms with E-state index < -0.39 is 5.97 Å². The van der Waals surface area contributed by atoms with E-state index in [9.17, 15) is 4.79 Å². The number of hydrogen-bond acceptors (Lipinski definition) is 6. The molecule has 5 nitrogen and oxygen atoms in total. The molecular formula is C15H25N3O2S. The minimum Gasteiger partial charge on any atom is -0.465 e. The third-order valence-electron chi connectivity index (χ3n) is 4.00. The first-order valence-electron chi connectivity index (χ1n) is 7.23. The van der Waals surface area contributed by atoms with Crippen molar-refractivity contribution in [1.82, 2.24) is 4.37 Å². The fourth-order valence-corrected chi connectivity index (χ4v) is 4.61. The fraction of sp³-hybridized carbons (Fsp3) is 0.733. The molecule has 1 fully saturated rings. The van der Waals surface area contributed by atoms with Crippen LogP contribution in [-0.2, 0) is 4.74 Å². The molecule has 0 saturated heterocycles. The second-order valence-electron chi connectivity index (χ2n) is 7.52. The fourth-order valence-electron chi connectivity index (χ4n) is 3.83. The van der Waals surface area contributed by atoms with E-state index in [1.54, 1.807) is 0 Å². The highest BCUT2D eigenvalue weighted by Gasteiger charge is 2.39. The number of carbonyl (C=O) groups excluding carboxylic acids is 1. The van der Waals surface area contributed by atoms with Crippen LogP contribution in [0.2, 0.25) is 0 Å². The van der Waals surface area contributed by atoms with Gasteiger partial charge in [-0.15, -0.1) is 0 Å². The van der Waals surface area contributed by atoms with Gasteiger partial charge in [-0.1, -0.05) is 27.7 Å². The van der Waals surface area contributed by atoms with Crippen molar-refractivity contribution in [2.75, 3.05) is 18.2 Å². The zero-order valence-electron chi connectivity index (χ0n) is 13.4. The summed E-state index contributed by atoms with van der Waals surface area (Å²) in [5, 5.41) is 4.19. The Hall–Kier alpha value is -1.30. The first-order valence-corrected chi connectivity index (χ1v) is 8.01. The van der Waals surface area contributed by atoms with Crippen LogP contribution in [0.15, 0.2) is 0 Å². The molecule has 6 heteroatoms. The van der Waals surface area contributed by atoms with Crippen LogP contribution >= 0.6 is 11.5 Å². The zero-order valence-corrected chi connectivity index (χ0v) is 14.3. The van der Waals surface area contributed by atoms with E-state index in [0.29, 0.717) is 11.6 Å². The van der Waals surface area contributed by atoms with Gasteiger partial charge in [-0.2, -0.15) is 4.37 Å². The van der Waals surface area contributed by atoms with E-state index in [0.717, 1.165) is 17.8 Å². The summed E-state index contributed by atoms with van der Waals surface area (Å²) in [5.41, 5.74) is 6.71. The van der Waals surface area contributed by atoms with E-state index in [2.05, 4.69) is 37.4 Å². The number of nitrogens with two attached hydrogens (primary N) is 1. The summed E-state index contributed by atoms with van der Waals surface area (Å²) in [6.07, 6.45) is 3.33. The van der Waals surface area contributed by atoms with Crippen LogP contribution in [0.5, 0.6) is 0 Å². The smallest absolute Gasteiger partial charge is 0.344 e. The molecule has 0 unspecified atom stereocenters. The van der Waals surface area contributed by atoms with Crippen LogP contribution in [0.1, 0.15) is 57.3 Å². The molecule has 2 rings (SSSR count). The maximum absolute atomic E-state index is 11.8. The molecule has 1 aromatic rings. The Balaban J connectivity index is 2.20. The number of methoxy groups -OCH3 is 1. The highest BCUT2D eigenvalue weighted by Crippen LogP contribution is 2.46. The average Bonchev–Trinajstić information content (AvgIpc) is 2.65. The lowest BCUT2D eigenvalue weighted by Crippen LogP contribution is -2.40. The number of nitrogens with one attached hydrogen (secondary N) is 1. The van der Waals surface area contributed by atoms with Crippen molar-refractivity contribution in [2.45, 2.75) is 53.0 Å². The molecule has 0 spiro atoms. The maximum atomic E-state index is 11.8. The number of nitrogen functional groups attached to an aromatic ring is 1. The van der Waals surface area contributed by atoms with Crippen molar-refractivity contribution in [3.63, 3.8) is 0 Å². The van der Waals surface area contributed by atoms with Gasteiger partial charge in [0.1, 0.15) is 10.6 Å². The average molecular weight is 311 g/mol. The summed E-state index contributed by atoms with van der Waals surface area (Å²) in [6.45, 7) is 9.19. The zero-order chi connectivity index (χ0) is 15.8. The molecule has 1 aliphatic rings. The number of ether oxygens (including phenoxy) is 1. The van der Waals surface area contributed by atoms with Gasteiger partial charge >= 0.3 is 5.97 Å². The molecule has 0 aromatic carbocycles. The van der Waals surface area contributed by atoms with Gasteiger partial charge in [0.2, 0.25) is 0 Å². The van der Waals surface area contributed by atoms with Gasteiger partial charge in [0.15, 0.2) is 5.82 Å². The summed E-state index contributed by atoms with van der Waals surface area (Å²) in [7, 11) is 1.36. The van der Waals surface area contributed by atoms with Gasteiger partial charge in [-0.05, 0) is 41.6 Å². The van der Waals surface area contributed by atoms with E-state index >= 15 is 0 Å². The Morgan fingerprint density at radius 1 is 1.33 bits per heavy atom. The van der Waals surface area contributed by atoms with Crippen molar-refractivity contribution in [2.24, 2.45) is 10.8 Å². The number of anilines is 2. The summed E-state index contributed by atoms with van der Waals surface area (Å²) >= 11 is 1.23. The van der Waals surface area contributed by atoms with Crippen LogP contribution in [0.25, 0.3) is 0 Å². The molecule has 1 aromatic heterocycles. The van der Waals surface area contributed by atoms with Gasteiger partial charge in [0.25, 0.3) is 0 Å². The Bertz CT molecular complexity index is 521. The maximum Gasteiger partial charge on any atom is 0.344 e. The Morgan fingerprint density at radius 2 is 1.90 bits per heavy atom. The van der Waals surface area contributed by atoms with Crippen molar-refractivity contribution < 1.29 is 9.53 Å². The molecule has 1 aliphatic carbocycles. The van der Waals surface area contributed by atoms with Gasteiger partial charge in [-0.25, -0.2) is 4.79 Å². The molecule has 0 atom stereocenters. The van der Waals surface area contributed by atoms with E-state index in [-0.39, 0.29) is 16.6 Å². The lowest BCUT2D eigenvalue weighted by molar-refractivity contribution is 0.0603. The van der Waals surface area contributed by atoms with Gasteiger partial charge in [0, 0.05) is 6.04 Å².